The molecule has 0 atom stereocenters. The molecule has 0 aliphatic heterocycles. The predicted molar refractivity (Wildman–Crippen MR) is 73.5 cm³/mol. The molecule has 0 amide bonds. The normalized spacial score (nSPS) is 10.5. The van der Waals surface area contributed by atoms with Crippen LogP contribution in [0, 0.1) is 6.92 Å². The third-order valence-corrected chi connectivity index (χ3v) is 2.94. The van der Waals surface area contributed by atoms with E-state index in [-0.39, 0.29) is 18.3 Å². The summed E-state index contributed by atoms with van der Waals surface area (Å²) >= 11 is 0. The lowest BCUT2D eigenvalue weighted by Crippen LogP contribution is -2.22. The number of rotatable bonds is 5. The Kier molecular flexibility index (Phi) is 4.34. The molecule has 0 spiro atoms. The van der Waals surface area contributed by atoms with Crippen molar-refractivity contribution in [3.05, 3.63) is 51.7 Å². The summed E-state index contributed by atoms with van der Waals surface area (Å²) in [6, 6.07) is 8.04. The Balaban J connectivity index is 2.10. The standard InChI is InChI=1S/C14H17N3O3/c1-10-3-5-12(6-4-10)9-13-15-16-14(19)17(13)7-8-20-11(2)18/h3-6H,7-9H2,1-2H3,(H,16,19). The Morgan fingerprint density at radius 2 is 2.05 bits per heavy atom. The van der Waals surface area contributed by atoms with E-state index in [1.54, 1.807) is 0 Å². The van der Waals surface area contributed by atoms with Gasteiger partial charge in [-0.25, -0.2) is 9.89 Å². The molecular weight excluding hydrogens is 258 g/mol. The number of ether oxygens (including phenoxy) is 1. The maximum absolute atomic E-state index is 11.7. The lowest BCUT2D eigenvalue weighted by molar-refractivity contribution is -0.141. The van der Waals surface area contributed by atoms with Crippen molar-refractivity contribution in [2.45, 2.75) is 26.8 Å². The van der Waals surface area contributed by atoms with Crippen molar-refractivity contribution in [1.82, 2.24) is 14.8 Å². The van der Waals surface area contributed by atoms with Crippen LogP contribution in [0.2, 0.25) is 0 Å². The number of nitrogens with one attached hydrogen (secondary N) is 1. The van der Waals surface area contributed by atoms with Gasteiger partial charge in [0.1, 0.15) is 12.4 Å². The number of esters is 1. The average Bonchev–Trinajstić information content (AvgIpc) is 2.74. The summed E-state index contributed by atoms with van der Waals surface area (Å²) in [5.41, 5.74) is 1.96. The molecule has 1 N–H and O–H groups in total. The third kappa shape index (κ3) is 3.57. The van der Waals surface area contributed by atoms with Crippen LogP contribution in [0.15, 0.2) is 29.1 Å². The summed E-state index contributed by atoms with van der Waals surface area (Å²) in [7, 11) is 0. The minimum Gasteiger partial charge on any atom is -0.464 e. The minimum absolute atomic E-state index is 0.162. The van der Waals surface area contributed by atoms with Crippen molar-refractivity contribution in [3.8, 4) is 0 Å². The molecule has 1 aromatic carbocycles. The Morgan fingerprint density at radius 3 is 2.70 bits per heavy atom. The monoisotopic (exact) mass is 275 g/mol. The van der Waals surface area contributed by atoms with Crippen molar-refractivity contribution in [2.24, 2.45) is 0 Å². The summed E-state index contributed by atoms with van der Waals surface area (Å²) in [6.45, 7) is 3.82. The van der Waals surface area contributed by atoms with Crippen molar-refractivity contribution in [2.75, 3.05) is 6.61 Å². The van der Waals surface area contributed by atoms with Crippen LogP contribution < -0.4 is 5.69 Å². The first-order valence-electron chi connectivity index (χ1n) is 6.39. The second-order valence-electron chi connectivity index (χ2n) is 4.60. The van der Waals surface area contributed by atoms with Gasteiger partial charge in [0, 0.05) is 13.3 Å². The summed E-state index contributed by atoms with van der Waals surface area (Å²) < 4.78 is 6.34. The van der Waals surface area contributed by atoms with Crippen molar-refractivity contribution < 1.29 is 9.53 Å². The number of hydrogen-bond acceptors (Lipinski definition) is 4. The van der Waals surface area contributed by atoms with Crippen LogP contribution in [0.5, 0.6) is 0 Å². The van der Waals surface area contributed by atoms with Gasteiger partial charge in [0.2, 0.25) is 0 Å². The fourth-order valence-corrected chi connectivity index (χ4v) is 1.89. The number of benzene rings is 1. The van der Waals surface area contributed by atoms with E-state index in [4.69, 9.17) is 4.74 Å². The molecular formula is C14H17N3O3. The molecule has 0 aliphatic rings. The first-order chi connectivity index (χ1) is 9.56. The van der Waals surface area contributed by atoms with E-state index in [1.807, 2.05) is 31.2 Å². The molecule has 0 bridgehead atoms. The largest absolute Gasteiger partial charge is 0.464 e. The number of aromatic nitrogens is 3. The van der Waals surface area contributed by atoms with E-state index in [1.165, 1.54) is 17.1 Å². The molecule has 1 aromatic heterocycles. The molecule has 0 saturated heterocycles. The molecule has 0 unspecified atom stereocenters. The van der Waals surface area contributed by atoms with E-state index in [0.717, 1.165) is 5.56 Å². The number of nitrogens with zero attached hydrogens (tertiary/aromatic N) is 2. The van der Waals surface area contributed by atoms with Crippen molar-refractivity contribution >= 4 is 5.97 Å². The third-order valence-electron chi connectivity index (χ3n) is 2.94. The SMILES string of the molecule is CC(=O)OCCn1c(Cc2ccc(C)cc2)n[nH]c1=O. The lowest BCUT2D eigenvalue weighted by Gasteiger charge is -2.06. The van der Waals surface area contributed by atoms with Crippen molar-refractivity contribution in [3.63, 3.8) is 0 Å². The predicted octanol–water partition coefficient (Wildman–Crippen LogP) is 1.03. The fourth-order valence-electron chi connectivity index (χ4n) is 1.89. The van der Waals surface area contributed by atoms with Crippen LogP contribution in [-0.4, -0.2) is 27.3 Å². The van der Waals surface area contributed by atoms with Crippen LogP contribution in [-0.2, 0) is 22.5 Å². The maximum Gasteiger partial charge on any atom is 0.343 e. The Hall–Kier alpha value is -2.37. The minimum atomic E-state index is -0.360. The zero-order valence-corrected chi connectivity index (χ0v) is 11.5. The molecule has 1 heterocycles. The summed E-state index contributed by atoms with van der Waals surface area (Å²) in [5.74, 6) is 0.271. The first kappa shape index (κ1) is 14.0. The van der Waals surface area contributed by atoms with Crippen LogP contribution in [0.4, 0.5) is 0 Å². The average molecular weight is 275 g/mol. The lowest BCUT2D eigenvalue weighted by atomic mass is 10.1. The molecule has 0 saturated carbocycles. The van der Waals surface area contributed by atoms with Crippen LogP contribution in [0.25, 0.3) is 0 Å². The summed E-state index contributed by atoms with van der Waals surface area (Å²) in [4.78, 5) is 22.4. The highest BCUT2D eigenvalue weighted by Gasteiger charge is 2.09. The second kappa shape index (κ2) is 6.18. The second-order valence-corrected chi connectivity index (χ2v) is 4.60. The van der Waals surface area contributed by atoms with Crippen LogP contribution in [0.1, 0.15) is 23.9 Å². The molecule has 0 aliphatic carbocycles. The maximum atomic E-state index is 11.7. The fraction of sp³-hybridized carbons (Fsp3) is 0.357. The van der Waals surface area contributed by atoms with Crippen molar-refractivity contribution in [1.29, 1.82) is 0 Å². The molecule has 0 fully saturated rings. The topological polar surface area (TPSA) is 77.0 Å². The number of hydrogen-bond donors (Lipinski definition) is 1. The molecule has 6 nitrogen and oxygen atoms in total. The molecule has 0 radical (unpaired) electrons. The van der Waals surface area contributed by atoms with Gasteiger partial charge in [0.15, 0.2) is 0 Å². The summed E-state index contributed by atoms with van der Waals surface area (Å²) in [6.07, 6.45) is 0.555. The van der Waals surface area contributed by atoms with Gasteiger partial charge < -0.3 is 4.74 Å². The number of carbonyl (C=O) groups excluding carboxylic acids is 1. The summed E-state index contributed by atoms with van der Waals surface area (Å²) in [5, 5.41) is 6.44. The highest BCUT2D eigenvalue weighted by atomic mass is 16.5. The molecule has 2 rings (SSSR count). The highest BCUT2D eigenvalue weighted by Crippen LogP contribution is 2.07. The van der Waals surface area contributed by atoms with Gasteiger partial charge in [0.25, 0.3) is 0 Å². The molecule has 20 heavy (non-hydrogen) atoms. The zero-order chi connectivity index (χ0) is 14.5. The van der Waals surface area contributed by atoms with E-state index >= 15 is 0 Å². The first-order valence-corrected chi connectivity index (χ1v) is 6.39. The van der Waals surface area contributed by atoms with Gasteiger partial charge in [-0.2, -0.15) is 5.10 Å². The Labute approximate surface area is 116 Å². The van der Waals surface area contributed by atoms with E-state index in [9.17, 15) is 9.59 Å². The van der Waals surface area contributed by atoms with Gasteiger partial charge in [0.05, 0.1) is 6.54 Å². The molecule has 6 heteroatoms. The van der Waals surface area contributed by atoms with E-state index < -0.39 is 0 Å². The van der Waals surface area contributed by atoms with Crippen LogP contribution >= 0.6 is 0 Å². The van der Waals surface area contributed by atoms with E-state index in [0.29, 0.717) is 18.8 Å². The van der Waals surface area contributed by atoms with E-state index in [2.05, 4.69) is 10.2 Å². The Morgan fingerprint density at radius 1 is 1.35 bits per heavy atom. The number of carbonyl (C=O) groups is 1. The number of aromatic amines is 1. The smallest absolute Gasteiger partial charge is 0.343 e. The van der Waals surface area contributed by atoms with Gasteiger partial charge in [-0.3, -0.25) is 9.36 Å². The Bertz CT molecular complexity index is 640. The van der Waals surface area contributed by atoms with Gasteiger partial charge in [-0.05, 0) is 12.5 Å². The van der Waals surface area contributed by atoms with Gasteiger partial charge in [-0.15, -0.1) is 0 Å². The molecule has 106 valence electrons. The highest BCUT2D eigenvalue weighted by molar-refractivity contribution is 5.65. The number of H-pyrrole nitrogens is 1. The molecule has 2 aromatic rings. The van der Waals surface area contributed by atoms with Gasteiger partial charge in [-0.1, -0.05) is 29.8 Å². The zero-order valence-electron chi connectivity index (χ0n) is 11.5. The number of aryl methyl sites for hydroxylation is 1. The van der Waals surface area contributed by atoms with Gasteiger partial charge >= 0.3 is 11.7 Å². The quantitative estimate of drug-likeness (QED) is 0.827. The van der Waals surface area contributed by atoms with Crippen LogP contribution in [0.3, 0.4) is 0 Å².